The summed E-state index contributed by atoms with van der Waals surface area (Å²) in [7, 11) is 1.74. The van der Waals surface area contributed by atoms with Crippen molar-refractivity contribution in [3.63, 3.8) is 0 Å². The van der Waals surface area contributed by atoms with Crippen LogP contribution in [0.15, 0.2) is 35.4 Å². The molecule has 0 spiro atoms. The first-order valence-electron chi connectivity index (χ1n) is 8.38. The molecule has 0 saturated heterocycles. The first kappa shape index (κ1) is 14.1. The van der Waals surface area contributed by atoms with Gasteiger partial charge in [-0.05, 0) is 83.4 Å². The van der Waals surface area contributed by atoms with Crippen LogP contribution in [-0.2, 0) is 6.42 Å². The highest BCUT2D eigenvalue weighted by Crippen LogP contribution is 2.57. The van der Waals surface area contributed by atoms with E-state index in [9.17, 15) is 5.11 Å². The molecule has 3 aliphatic carbocycles. The molecule has 0 amide bonds. The molecule has 22 heavy (non-hydrogen) atoms. The number of hydrogen-bond acceptors (Lipinski definition) is 2. The Morgan fingerprint density at radius 3 is 2.86 bits per heavy atom. The summed E-state index contributed by atoms with van der Waals surface area (Å²) in [5.74, 6) is 1.37. The largest absolute Gasteiger partial charge is 0.497 e. The third kappa shape index (κ3) is 1.83. The van der Waals surface area contributed by atoms with E-state index in [-0.39, 0.29) is 5.41 Å². The Morgan fingerprint density at radius 2 is 2.09 bits per heavy atom. The van der Waals surface area contributed by atoms with Crippen molar-refractivity contribution in [2.45, 2.75) is 39.0 Å². The Morgan fingerprint density at radius 1 is 1.23 bits per heavy atom. The van der Waals surface area contributed by atoms with Crippen molar-refractivity contribution in [3.05, 3.63) is 46.5 Å². The van der Waals surface area contributed by atoms with Crippen LogP contribution in [0.25, 0.3) is 5.57 Å². The number of methoxy groups -OCH3 is 1. The zero-order chi connectivity index (χ0) is 15.3. The molecule has 3 aliphatic rings. The van der Waals surface area contributed by atoms with Gasteiger partial charge in [-0.2, -0.15) is 0 Å². The van der Waals surface area contributed by atoms with Crippen LogP contribution in [0.5, 0.6) is 5.75 Å². The Kier molecular flexibility index (Phi) is 3.19. The molecule has 2 atom stereocenters. The van der Waals surface area contributed by atoms with E-state index in [2.05, 4.69) is 31.2 Å². The standard InChI is InChI=1S/C20H24O2/c1-20-10-9-17-16-7-5-15(22-2)11-13(16)3-6-18(17)19(20)8-4-14(20)12-21/h5,7-8,11,14,21H,3-4,6,9-10,12H2,1-2H3/t14-,20-/m1/s1. The predicted molar refractivity (Wildman–Crippen MR) is 88.9 cm³/mol. The lowest BCUT2D eigenvalue weighted by Gasteiger charge is -2.42. The van der Waals surface area contributed by atoms with Gasteiger partial charge in [0.15, 0.2) is 0 Å². The molecule has 0 fully saturated rings. The smallest absolute Gasteiger partial charge is 0.119 e. The van der Waals surface area contributed by atoms with Crippen LogP contribution in [0.2, 0.25) is 0 Å². The molecule has 1 aromatic rings. The molecule has 0 saturated carbocycles. The zero-order valence-corrected chi connectivity index (χ0v) is 13.5. The van der Waals surface area contributed by atoms with Gasteiger partial charge in [0.1, 0.15) is 5.75 Å². The minimum absolute atomic E-state index is 0.192. The highest BCUT2D eigenvalue weighted by atomic mass is 16.5. The number of allylic oxidation sites excluding steroid dienone is 4. The van der Waals surface area contributed by atoms with Crippen LogP contribution in [-0.4, -0.2) is 18.8 Å². The lowest BCUT2D eigenvalue weighted by atomic mass is 9.63. The SMILES string of the molecule is COc1ccc2c(c1)CCC1=C2CC[C@@]2(C)C1=CC[C@@H]2CO. The zero-order valence-electron chi connectivity index (χ0n) is 13.5. The molecule has 0 heterocycles. The number of ether oxygens (including phenoxy) is 1. The normalized spacial score (nSPS) is 29.6. The van der Waals surface area contributed by atoms with E-state index in [1.165, 1.54) is 16.7 Å². The van der Waals surface area contributed by atoms with Gasteiger partial charge in [-0.15, -0.1) is 0 Å². The van der Waals surface area contributed by atoms with E-state index >= 15 is 0 Å². The number of rotatable bonds is 2. The van der Waals surface area contributed by atoms with Gasteiger partial charge in [0.05, 0.1) is 7.11 Å². The van der Waals surface area contributed by atoms with Gasteiger partial charge in [0.25, 0.3) is 0 Å². The summed E-state index contributed by atoms with van der Waals surface area (Å²) < 4.78 is 5.38. The van der Waals surface area contributed by atoms with Crippen molar-refractivity contribution in [1.29, 1.82) is 0 Å². The number of fused-ring (bicyclic) bond motifs is 4. The quantitative estimate of drug-likeness (QED) is 0.889. The topological polar surface area (TPSA) is 29.5 Å². The van der Waals surface area contributed by atoms with Crippen LogP contribution >= 0.6 is 0 Å². The fourth-order valence-electron chi connectivity index (χ4n) is 4.79. The monoisotopic (exact) mass is 296 g/mol. The van der Waals surface area contributed by atoms with Gasteiger partial charge in [0.2, 0.25) is 0 Å². The molecule has 0 unspecified atom stereocenters. The molecule has 0 aromatic heterocycles. The highest BCUT2D eigenvalue weighted by Gasteiger charge is 2.45. The first-order chi connectivity index (χ1) is 10.7. The number of benzene rings is 1. The van der Waals surface area contributed by atoms with E-state index in [0.29, 0.717) is 12.5 Å². The van der Waals surface area contributed by atoms with E-state index in [0.717, 1.165) is 37.9 Å². The summed E-state index contributed by atoms with van der Waals surface area (Å²) in [5, 5.41) is 9.72. The lowest BCUT2D eigenvalue weighted by Crippen LogP contribution is -2.32. The predicted octanol–water partition coefficient (Wildman–Crippen LogP) is 4.13. The van der Waals surface area contributed by atoms with E-state index in [1.54, 1.807) is 18.3 Å². The summed E-state index contributed by atoms with van der Waals surface area (Å²) in [6.07, 6.45) is 7.98. The lowest BCUT2D eigenvalue weighted by molar-refractivity contribution is 0.138. The number of aliphatic hydroxyl groups is 1. The second kappa shape index (κ2) is 4.99. The van der Waals surface area contributed by atoms with Crippen LogP contribution in [0.1, 0.15) is 43.7 Å². The van der Waals surface area contributed by atoms with Gasteiger partial charge in [-0.3, -0.25) is 0 Å². The maximum absolute atomic E-state index is 9.72. The van der Waals surface area contributed by atoms with Crippen molar-refractivity contribution in [3.8, 4) is 5.75 Å². The second-order valence-electron chi connectivity index (χ2n) is 7.13. The maximum Gasteiger partial charge on any atom is 0.119 e. The second-order valence-corrected chi connectivity index (χ2v) is 7.13. The molecule has 0 radical (unpaired) electrons. The van der Waals surface area contributed by atoms with Gasteiger partial charge >= 0.3 is 0 Å². The average molecular weight is 296 g/mol. The maximum atomic E-state index is 9.72. The molecule has 1 N–H and O–H groups in total. The molecule has 2 nitrogen and oxygen atoms in total. The summed E-state index contributed by atoms with van der Waals surface area (Å²) in [5.41, 5.74) is 7.71. The van der Waals surface area contributed by atoms with Gasteiger partial charge in [0, 0.05) is 6.61 Å². The van der Waals surface area contributed by atoms with Gasteiger partial charge < -0.3 is 9.84 Å². The van der Waals surface area contributed by atoms with Crippen LogP contribution < -0.4 is 4.74 Å². The fourth-order valence-corrected chi connectivity index (χ4v) is 4.79. The average Bonchev–Trinajstić information content (AvgIpc) is 2.90. The Labute approximate surface area is 132 Å². The molecule has 4 rings (SSSR count). The van der Waals surface area contributed by atoms with E-state index < -0.39 is 0 Å². The first-order valence-corrected chi connectivity index (χ1v) is 8.38. The minimum Gasteiger partial charge on any atom is -0.497 e. The van der Waals surface area contributed by atoms with E-state index in [1.807, 2.05) is 0 Å². The van der Waals surface area contributed by atoms with Crippen molar-refractivity contribution in [1.82, 2.24) is 0 Å². The number of aryl methyl sites for hydroxylation is 1. The van der Waals surface area contributed by atoms with Crippen LogP contribution in [0.4, 0.5) is 0 Å². The van der Waals surface area contributed by atoms with E-state index in [4.69, 9.17) is 4.74 Å². The van der Waals surface area contributed by atoms with Crippen LogP contribution in [0, 0.1) is 11.3 Å². The Balaban J connectivity index is 1.79. The van der Waals surface area contributed by atoms with Crippen molar-refractivity contribution in [2.75, 3.05) is 13.7 Å². The number of hydrogen-bond donors (Lipinski definition) is 1. The summed E-state index contributed by atoms with van der Waals surface area (Å²) in [6, 6.07) is 6.53. The molecular formula is C20H24O2. The summed E-state index contributed by atoms with van der Waals surface area (Å²) in [6.45, 7) is 2.67. The minimum atomic E-state index is 0.192. The highest BCUT2D eigenvalue weighted by molar-refractivity contribution is 5.79. The van der Waals surface area contributed by atoms with Gasteiger partial charge in [-0.1, -0.05) is 19.1 Å². The summed E-state index contributed by atoms with van der Waals surface area (Å²) >= 11 is 0. The van der Waals surface area contributed by atoms with Gasteiger partial charge in [-0.25, -0.2) is 0 Å². The Bertz CT molecular complexity index is 683. The number of aliphatic hydroxyl groups excluding tert-OH is 1. The molecular weight excluding hydrogens is 272 g/mol. The molecule has 0 bridgehead atoms. The molecule has 0 aliphatic heterocycles. The van der Waals surface area contributed by atoms with Crippen molar-refractivity contribution >= 4 is 5.57 Å². The van der Waals surface area contributed by atoms with Crippen molar-refractivity contribution in [2.24, 2.45) is 11.3 Å². The fraction of sp³-hybridized carbons (Fsp3) is 0.500. The molecule has 116 valence electrons. The Hall–Kier alpha value is -1.54. The summed E-state index contributed by atoms with van der Waals surface area (Å²) in [4.78, 5) is 0. The van der Waals surface area contributed by atoms with Crippen LogP contribution in [0.3, 0.4) is 0 Å². The molecule has 2 heteroatoms. The van der Waals surface area contributed by atoms with Crippen molar-refractivity contribution < 1.29 is 9.84 Å². The molecule has 1 aromatic carbocycles. The third-order valence-electron chi connectivity index (χ3n) is 6.21. The third-order valence-corrected chi connectivity index (χ3v) is 6.21.